The summed E-state index contributed by atoms with van der Waals surface area (Å²) in [4.78, 5) is 30.0. The Balaban J connectivity index is 1.95. The zero-order valence-corrected chi connectivity index (χ0v) is 9.98. The largest absolute Gasteiger partial charge is 0.476 e. The van der Waals surface area contributed by atoms with Gasteiger partial charge in [0.2, 0.25) is 0 Å². The maximum atomic E-state index is 11.7. The predicted octanol–water partition coefficient (Wildman–Crippen LogP) is 1.17. The highest BCUT2D eigenvalue weighted by Crippen LogP contribution is 2.09. The SMILES string of the molecule is O=C(NCc1nc(C(=O)O)cs1)c1cccnc1. The Labute approximate surface area is 106 Å². The van der Waals surface area contributed by atoms with Crippen LogP contribution in [0.5, 0.6) is 0 Å². The summed E-state index contributed by atoms with van der Waals surface area (Å²) in [7, 11) is 0. The van der Waals surface area contributed by atoms with Gasteiger partial charge in [-0.15, -0.1) is 11.3 Å². The number of aromatic carboxylic acids is 1. The van der Waals surface area contributed by atoms with Gasteiger partial charge in [-0.3, -0.25) is 9.78 Å². The van der Waals surface area contributed by atoms with Crippen molar-refractivity contribution in [3.63, 3.8) is 0 Å². The van der Waals surface area contributed by atoms with E-state index in [-0.39, 0.29) is 18.1 Å². The van der Waals surface area contributed by atoms with E-state index in [2.05, 4.69) is 15.3 Å². The molecule has 0 atom stereocenters. The molecule has 6 nitrogen and oxygen atoms in total. The molecule has 0 aliphatic carbocycles. The van der Waals surface area contributed by atoms with Gasteiger partial charge in [-0.05, 0) is 12.1 Å². The minimum absolute atomic E-state index is 0.00868. The van der Waals surface area contributed by atoms with Crippen LogP contribution >= 0.6 is 11.3 Å². The average Bonchev–Trinajstić information content (AvgIpc) is 2.86. The zero-order chi connectivity index (χ0) is 13.0. The summed E-state index contributed by atoms with van der Waals surface area (Å²) in [6.07, 6.45) is 3.04. The fourth-order valence-corrected chi connectivity index (χ4v) is 1.95. The van der Waals surface area contributed by atoms with Gasteiger partial charge in [0.1, 0.15) is 5.01 Å². The number of nitrogens with one attached hydrogen (secondary N) is 1. The number of rotatable bonds is 4. The molecule has 0 fully saturated rings. The summed E-state index contributed by atoms with van der Waals surface area (Å²) in [6, 6.07) is 3.31. The van der Waals surface area contributed by atoms with Crippen molar-refractivity contribution in [3.8, 4) is 0 Å². The Hall–Kier alpha value is -2.28. The summed E-state index contributed by atoms with van der Waals surface area (Å²) in [5.41, 5.74) is 0.443. The molecule has 0 spiro atoms. The van der Waals surface area contributed by atoms with Crippen molar-refractivity contribution < 1.29 is 14.7 Å². The molecule has 18 heavy (non-hydrogen) atoms. The molecule has 0 radical (unpaired) electrons. The monoisotopic (exact) mass is 263 g/mol. The van der Waals surface area contributed by atoms with Crippen LogP contribution in [0.4, 0.5) is 0 Å². The van der Waals surface area contributed by atoms with Crippen molar-refractivity contribution in [1.82, 2.24) is 15.3 Å². The number of nitrogens with zero attached hydrogens (tertiary/aromatic N) is 2. The first-order valence-corrected chi connectivity index (χ1v) is 5.90. The molecule has 2 rings (SSSR count). The topological polar surface area (TPSA) is 92.2 Å². The number of carbonyl (C=O) groups is 2. The third kappa shape index (κ3) is 2.89. The minimum Gasteiger partial charge on any atom is -0.476 e. The number of aromatic nitrogens is 2. The van der Waals surface area contributed by atoms with Gasteiger partial charge in [0.15, 0.2) is 5.69 Å². The van der Waals surface area contributed by atoms with Gasteiger partial charge in [-0.1, -0.05) is 0 Å². The standard InChI is InChI=1S/C11H9N3O3S/c15-10(7-2-1-3-12-4-7)13-5-9-14-8(6-18-9)11(16)17/h1-4,6H,5H2,(H,13,15)(H,16,17). The van der Waals surface area contributed by atoms with E-state index in [1.165, 1.54) is 22.9 Å². The fourth-order valence-electron chi connectivity index (χ4n) is 1.25. The first-order chi connectivity index (χ1) is 8.66. The van der Waals surface area contributed by atoms with Gasteiger partial charge in [0, 0.05) is 17.8 Å². The van der Waals surface area contributed by atoms with Gasteiger partial charge in [-0.25, -0.2) is 9.78 Å². The number of hydrogen-bond acceptors (Lipinski definition) is 5. The highest BCUT2D eigenvalue weighted by molar-refractivity contribution is 7.09. The number of hydrogen-bond donors (Lipinski definition) is 2. The summed E-state index contributed by atoms with van der Waals surface area (Å²) >= 11 is 1.19. The van der Waals surface area contributed by atoms with Crippen LogP contribution in [-0.2, 0) is 6.54 Å². The number of pyridine rings is 1. The van der Waals surface area contributed by atoms with Gasteiger partial charge >= 0.3 is 5.97 Å². The molecule has 0 aliphatic rings. The first-order valence-electron chi connectivity index (χ1n) is 5.03. The van der Waals surface area contributed by atoms with Crippen LogP contribution in [0.3, 0.4) is 0 Å². The zero-order valence-electron chi connectivity index (χ0n) is 9.16. The normalized spacial score (nSPS) is 10.0. The van der Waals surface area contributed by atoms with E-state index in [9.17, 15) is 9.59 Å². The number of carboxylic acids is 1. The molecule has 0 aromatic carbocycles. The van der Waals surface area contributed by atoms with Gasteiger partial charge < -0.3 is 10.4 Å². The number of carboxylic acid groups (broad SMARTS) is 1. The van der Waals surface area contributed by atoms with Crippen LogP contribution in [0.25, 0.3) is 0 Å². The fraction of sp³-hybridized carbons (Fsp3) is 0.0909. The molecule has 7 heteroatoms. The van der Waals surface area contributed by atoms with Crippen molar-refractivity contribution in [1.29, 1.82) is 0 Å². The number of carbonyl (C=O) groups excluding carboxylic acids is 1. The van der Waals surface area contributed by atoms with Crippen LogP contribution in [0.15, 0.2) is 29.9 Å². The second-order valence-corrected chi connectivity index (χ2v) is 4.30. The first kappa shape index (κ1) is 12.2. The van der Waals surface area contributed by atoms with Crippen LogP contribution in [0.1, 0.15) is 25.9 Å². The molecule has 92 valence electrons. The lowest BCUT2D eigenvalue weighted by Gasteiger charge is -2.01. The Bertz CT molecular complexity index is 568. The molecule has 2 aromatic heterocycles. The molecule has 0 saturated heterocycles. The van der Waals surface area contributed by atoms with Gasteiger partial charge in [0.05, 0.1) is 12.1 Å². The molecule has 2 aromatic rings. The lowest BCUT2D eigenvalue weighted by atomic mass is 10.3. The van der Waals surface area contributed by atoms with E-state index in [4.69, 9.17) is 5.11 Å². The van der Waals surface area contributed by atoms with Gasteiger partial charge in [0.25, 0.3) is 5.91 Å². The molecule has 0 aliphatic heterocycles. The Morgan fingerprint density at radius 3 is 2.89 bits per heavy atom. The molecule has 0 bridgehead atoms. The Morgan fingerprint density at radius 1 is 1.44 bits per heavy atom. The van der Waals surface area contributed by atoms with E-state index >= 15 is 0 Å². The molecule has 2 heterocycles. The highest BCUT2D eigenvalue weighted by Gasteiger charge is 2.10. The maximum Gasteiger partial charge on any atom is 0.355 e. The number of amides is 1. The highest BCUT2D eigenvalue weighted by atomic mass is 32.1. The lowest BCUT2D eigenvalue weighted by Crippen LogP contribution is -2.22. The summed E-state index contributed by atoms with van der Waals surface area (Å²) in [5.74, 6) is -1.34. The predicted molar refractivity (Wildman–Crippen MR) is 64.5 cm³/mol. The lowest BCUT2D eigenvalue weighted by molar-refractivity contribution is 0.0691. The van der Waals surface area contributed by atoms with Crippen LogP contribution in [0.2, 0.25) is 0 Å². The van der Waals surface area contributed by atoms with E-state index in [0.29, 0.717) is 10.6 Å². The second kappa shape index (κ2) is 5.37. The van der Waals surface area contributed by atoms with Crippen molar-refractivity contribution >= 4 is 23.2 Å². The Kier molecular flexibility index (Phi) is 3.63. The van der Waals surface area contributed by atoms with Crippen molar-refractivity contribution in [2.24, 2.45) is 0 Å². The van der Waals surface area contributed by atoms with E-state index in [1.807, 2.05) is 0 Å². The minimum atomic E-state index is -1.07. The van der Waals surface area contributed by atoms with Crippen LogP contribution in [0, 0.1) is 0 Å². The quantitative estimate of drug-likeness (QED) is 0.863. The Morgan fingerprint density at radius 2 is 2.28 bits per heavy atom. The molecule has 0 saturated carbocycles. The van der Waals surface area contributed by atoms with E-state index in [1.54, 1.807) is 18.3 Å². The third-order valence-corrected chi connectivity index (χ3v) is 2.94. The van der Waals surface area contributed by atoms with Crippen LogP contribution in [-0.4, -0.2) is 27.0 Å². The van der Waals surface area contributed by atoms with Gasteiger partial charge in [-0.2, -0.15) is 0 Å². The number of thiazole rings is 1. The van der Waals surface area contributed by atoms with Crippen molar-refractivity contribution in [2.75, 3.05) is 0 Å². The molecule has 2 N–H and O–H groups in total. The summed E-state index contributed by atoms with van der Waals surface area (Å²) < 4.78 is 0. The van der Waals surface area contributed by atoms with Crippen molar-refractivity contribution in [3.05, 3.63) is 46.2 Å². The van der Waals surface area contributed by atoms with E-state index in [0.717, 1.165) is 0 Å². The summed E-state index contributed by atoms with van der Waals surface area (Å²) in [5, 5.41) is 13.3. The second-order valence-electron chi connectivity index (χ2n) is 3.36. The molecular weight excluding hydrogens is 254 g/mol. The maximum absolute atomic E-state index is 11.7. The van der Waals surface area contributed by atoms with Crippen molar-refractivity contribution in [2.45, 2.75) is 6.54 Å². The summed E-state index contributed by atoms with van der Waals surface area (Å²) in [6.45, 7) is 0.200. The average molecular weight is 263 g/mol. The molecular formula is C11H9N3O3S. The third-order valence-electron chi connectivity index (χ3n) is 2.09. The molecule has 1 amide bonds. The smallest absolute Gasteiger partial charge is 0.355 e. The molecule has 0 unspecified atom stereocenters. The van der Waals surface area contributed by atoms with E-state index < -0.39 is 5.97 Å². The van der Waals surface area contributed by atoms with Crippen LogP contribution < -0.4 is 5.32 Å².